The molecule has 0 aliphatic carbocycles. The molecule has 1 fully saturated rings. The van der Waals surface area contributed by atoms with E-state index in [-0.39, 0.29) is 11.4 Å². The summed E-state index contributed by atoms with van der Waals surface area (Å²) < 4.78 is 0. The van der Waals surface area contributed by atoms with Gasteiger partial charge in [-0.1, -0.05) is 13.3 Å². The molecule has 2 N–H and O–H groups in total. The lowest BCUT2D eigenvalue weighted by molar-refractivity contribution is -0.119. The maximum absolute atomic E-state index is 10.8. The molecular weight excluding hydrogens is 164 g/mol. The Bertz CT molecular complexity index is 174. The first-order valence-corrected chi connectivity index (χ1v) is 5.18. The van der Waals surface area contributed by atoms with Gasteiger partial charge in [0, 0.05) is 19.0 Å². The van der Waals surface area contributed by atoms with Crippen molar-refractivity contribution < 1.29 is 4.79 Å². The van der Waals surface area contributed by atoms with E-state index in [1.807, 2.05) is 0 Å². The number of hydrogen-bond acceptors (Lipinski definition) is 2. The standard InChI is InChI=1S/C10H20N2O/c1-3-10(8-11-9(2)13)6-4-5-7-12-10/h12H,3-8H2,1-2H3,(H,11,13). The first-order valence-electron chi connectivity index (χ1n) is 5.18. The van der Waals surface area contributed by atoms with Crippen molar-refractivity contribution in [2.75, 3.05) is 13.1 Å². The van der Waals surface area contributed by atoms with Gasteiger partial charge < -0.3 is 10.6 Å². The maximum atomic E-state index is 10.8. The highest BCUT2D eigenvalue weighted by molar-refractivity contribution is 5.72. The van der Waals surface area contributed by atoms with Gasteiger partial charge in [-0.2, -0.15) is 0 Å². The number of piperidine rings is 1. The van der Waals surface area contributed by atoms with E-state index in [0.717, 1.165) is 19.5 Å². The topological polar surface area (TPSA) is 41.1 Å². The lowest BCUT2D eigenvalue weighted by Crippen LogP contribution is -2.55. The Morgan fingerprint density at radius 2 is 2.31 bits per heavy atom. The third-order valence-electron chi connectivity index (χ3n) is 2.93. The van der Waals surface area contributed by atoms with Gasteiger partial charge in [0.25, 0.3) is 0 Å². The molecule has 3 heteroatoms. The average molecular weight is 184 g/mol. The molecule has 3 nitrogen and oxygen atoms in total. The second kappa shape index (κ2) is 4.61. The zero-order valence-corrected chi connectivity index (χ0v) is 8.65. The van der Waals surface area contributed by atoms with Crippen LogP contribution < -0.4 is 10.6 Å². The summed E-state index contributed by atoms with van der Waals surface area (Å²) in [6.45, 7) is 5.62. The molecule has 1 saturated heterocycles. The van der Waals surface area contributed by atoms with Crippen LogP contribution in [0, 0.1) is 0 Å². The molecule has 0 aromatic rings. The molecule has 0 saturated carbocycles. The van der Waals surface area contributed by atoms with E-state index < -0.39 is 0 Å². The Kier molecular flexibility index (Phi) is 3.72. The molecule has 0 spiro atoms. The van der Waals surface area contributed by atoms with Gasteiger partial charge in [0.15, 0.2) is 0 Å². The molecule has 1 atom stereocenters. The molecule has 1 amide bonds. The Hall–Kier alpha value is -0.570. The minimum atomic E-state index is 0.0696. The molecule has 1 unspecified atom stereocenters. The van der Waals surface area contributed by atoms with Crippen LogP contribution in [0.5, 0.6) is 0 Å². The Labute approximate surface area is 80.3 Å². The lowest BCUT2D eigenvalue weighted by Gasteiger charge is -2.37. The van der Waals surface area contributed by atoms with Gasteiger partial charge in [0.1, 0.15) is 0 Å². The quantitative estimate of drug-likeness (QED) is 0.688. The second-order valence-corrected chi connectivity index (χ2v) is 3.93. The molecule has 13 heavy (non-hydrogen) atoms. The highest BCUT2D eigenvalue weighted by atomic mass is 16.1. The van der Waals surface area contributed by atoms with Crippen LogP contribution in [0.4, 0.5) is 0 Å². The van der Waals surface area contributed by atoms with Gasteiger partial charge in [-0.05, 0) is 25.8 Å². The number of carbonyl (C=O) groups is 1. The van der Waals surface area contributed by atoms with Crippen molar-refractivity contribution in [3.63, 3.8) is 0 Å². The van der Waals surface area contributed by atoms with Crippen LogP contribution in [0.15, 0.2) is 0 Å². The zero-order chi connectivity index (χ0) is 9.73. The summed E-state index contributed by atoms with van der Waals surface area (Å²) in [6, 6.07) is 0. The molecule has 0 aromatic carbocycles. The first-order chi connectivity index (χ1) is 6.18. The van der Waals surface area contributed by atoms with E-state index in [4.69, 9.17) is 0 Å². The van der Waals surface area contributed by atoms with Crippen LogP contribution in [-0.2, 0) is 4.79 Å². The number of nitrogens with one attached hydrogen (secondary N) is 2. The van der Waals surface area contributed by atoms with Crippen molar-refractivity contribution in [3.05, 3.63) is 0 Å². The second-order valence-electron chi connectivity index (χ2n) is 3.93. The van der Waals surface area contributed by atoms with Gasteiger partial charge >= 0.3 is 0 Å². The fraction of sp³-hybridized carbons (Fsp3) is 0.900. The van der Waals surface area contributed by atoms with Crippen LogP contribution in [0.1, 0.15) is 39.5 Å². The number of hydrogen-bond donors (Lipinski definition) is 2. The van der Waals surface area contributed by atoms with Crippen molar-refractivity contribution in [1.29, 1.82) is 0 Å². The lowest BCUT2D eigenvalue weighted by atomic mass is 9.86. The largest absolute Gasteiger partial charge is 0.354 e. The minimum Gasteiger partial charge on any atom is -0.354 e. The van der Waals surface area contributed by atoms with Gasteiger partial charge in [0.05, 0.1) is 0 Å². The minimum absolute atomic E-state index is 0.0696. The smallest absolute Gasteiger partial charge is 0.216 e. The summed E-state index contributed by atoms with van der Waals surface area (Å²) in [4.78, 5) is 10.8. The zero-order valence-electron chi connectivity index (χ0n) is 8.65. The van der Waals surface area contributed by atoms with E-state index >= 15 is 0 Å². The van der Waals surface area contributed by atoms with E-state index in [1.54, 1.807) is 6.92 Å². The van der Waals surface area contributed by atoms with Gasteiger partial charge in [-0.3, -0.25) is 4.79 Å². The maximum Gasteiger partial charge on any atom is 0.216 e. The third-order valence-corrected chi connectivity index (χ3v) is 2.93. The SMILES string of the molecule is CCC1(CNC(C)=O)CCCCN1. The number of amides is 1. The molecule has 0 aromatic heterocycles. The summed E-state index contributed by atoms with van der Waals surface area (Å²) in [5, 5.41) is 6.43. The van der Waals surface area contributed by atoms with Crippen LogP contribution in [0.2, 0.25) is 0 Å². The molecule has 1 aliphatic heterocycles. The average Bonchev–Trinajstić information content (AvgIpc) is 2.16. The molecule has 0 radical (unpaired) electrons. The van der Waals surface area contributed by atoms with E-state index in [1.165, 1.54) is 19.3 Å². The Morgan fingerprint density at radius 1 is 1.54 bits per heavy atom. The fourth-order valence-corrected chi connectivity index (χ4v) is 1.90. The molecule has 0 bridgehead atoms. The van der Waals surface area contributed by atoms with Crippen LogP contribution in [0.3, 0.4) is 0 Å². The highest BCUT2D eigenvalue weighted by Crippen LogP contribution is 2.21. The normalized spacial score (nSPS) is 28.5. The summed E-state index contributed by atoms with van der Waals surface area (Å²) in [5.41, 5.74) is 0.171. The predicted octanol–water partition coefficient (Wildman–Crippen LogP) is 1.04. The van der Waals surface area contributed by atoms with E-state index in [9.17, 15) is 4.79 Å². The van der Waals surface area contributed by atoms with Gasteiger partial charge in [-0.15, -0.1) is 0 Å². The summed E-state index contributed by atoms with van der Waals surface area (Å²) in [6.07, 6.45) is 4.82. The van der Waals surface area contributed by atoms with Crippen LogP contribution in [0.25, 0.3) is 0 Å². The van der Waals surface area contributed by atoms with Gasteiger partial charge in [-0.25, -0.2) is 0 Å². The van der Waals surface area contributed by atoms with Crippen molar-refractivity contribution >= 4 is 5.91 Å². The summed E-state index contributed by atoms with van der Waals surface area (Å²) in [7, 11) is 0. The molecule has 1 heterocycles. The summed E-state index contributed by atoms with van der Waals surface area (Å²) >= 11 is 0. The van der Waals surface area contributed by atoms with Crippen molar-refractivity contribution in [1.82, 2.24) is 10.6 Å². The predicted molar refractivity (Wildman–Crippen MR) is 53.6 cm³/mol. The fourth-order valence-electron chi connectivity index (χ4n) is 1.90. The molecule has 1 aliphatic rings. The van der Waals surface area contributed by atoms with Gasteiger partial charge in [0.2, 0.25) is 5.91 Å². The Morgan fingerprint density at radius 3 is 2.77 bits per heavy atom. The van der Waals surface area contributed by atoms with E-state index in [2.05, 4.69) is 17.6 Å². The first kappa shape index (κ1) is 10.5. The molecule has 1 rings (SSSR count). The van der Waals surface area contributed by atoms with Crippen LogP contribution in [-0.4, -0.2) is 24.5 Å². The Balaban J connectivity index is 2.42. The highest BCUT2D eigenvalue weighted by Gasteiger charge is 2.29. The van der Waals surface area contributed by atoms with E-state index in [0.29, 0.717) is 0 Å². The third kappa shape index (κ3) is 2.99. The van der Waals surface area contributed by atoms with Crippen molar-refractivity contribution in [3.8, 4) is 0 Å². The number of rotatable bonds is 3. The van der Waals surface area contributed by atoms with Crippen molar-refractivity contribution in [2.45, 2.75) is 45.1 Å². The van der Waals surface area contributed by atoms with Crippen molar-refractivity contribution in [2.24, 2.45) is 0 Å². The number of carbonyl (C=O) groups excluding carboxylic acids is 1. The monoisotopic (exact) mass is 184 g/mol. The molecule has 76 valence electrons. The summed E-state index contributed by atoms with van der Waals surface area (Å²) in [5.74, 6) is 0.0696. The molecular formula is C10H20N2O. The van der Waals surface area contributed by atoms with Crippen LogP contribution >= 0.6 is 0 Å².